The van der Waals surface area contributed by atoms with E-state index in [9.17, 15) is 4.79 Å². The van der Waals surface area contributed by atoms with E-state index in [-0.39, 0.29) is 5.91 Å². The molecule has 0 saturated carbocycles. The fraction of sp³-hybridized carbons (Fsp3) is 0.355. The third-order valence-electron chi connectivity index (χ3n) is 7.04. The Hall–Kier alpha value is -4.00. The van der Waals surface area contributed by atoms with E-state index in [1.165, 1.54) is 5.56 Å². The molecule has 4 aromatic rings. The third kappa shape index (κ3) is 5.93. The summed E-state index contributed by atoms with van der Waals surface area (Å²) in [5, 5.41) is 3.04. The van der Waals surface area contributed by atoms with Crippen LogP contribution in [0.15, 0.2) is 60.9 Å². The van der Waals surface area contributed by atoms with Crippen molar-refractivity contribution in [3.8, 4) is 22.6 Å². The molecule has 198 valence electrons. The van der Waals surface area contributed by atoms with Gasteiger partial charge in [-0.05, 0) is 62.4 Å². The topological polar surface area (TPSA) is 75.4 Å². The number of pyridine rings is 1. The first kappa shape index (κ1) is 27.0. The van der Waals surface area contributed by atoms with Gasteiger partial charge in [-0.2, -0.15) is 0 Å². The van der Waals surface area contributed by atoms with Crippen LogP contribution in [-0.2, 0) is 11.2 Å². The molecule has 1 amide bonds. The SMILES string of the molecule is C/C=C/c1ccc(-c2nc3cc(CC(CC)CC(=O)N(CC)CC)ccn3c2-c2ccnc(NC)n2)cc1. The van der Waals surface area contributed by atoms with E-state index in [2.05, 4.69) is 70.3 Å². The Morgan fingerprint density at radius 2 is 1.84 bits per heavy atom. The van der Waals surface area contributed by atoms with Gasteiger partial charge in [0.2, 0.25) is 11.9 Å². The Balaban J connectivity index is 1.74. The van der Waals surface area contributed by atoms with Gasteiger partial charge in [-0.1, -0.05) is 49.8 Å². The molecule has 0 aliphatic heterocycles. The summed E-state index contributed by atoms with van der Waals surface area (Å²) in [7, 11) is 1.82. The van der Waals surface area contributed by atoms with Gasteiger partial charge >= 0.3 is 0 Å². The number of fused-ring (bicyclic) bond motifs is 1. The molecule has 0 radical (unpaired) electrons. The number of rotatable bonds is 11. The first-order chi connectivity index (χ1) is 18.5. The fourth-order valence-electron chi connectivity index (χ4n) is 4.86. The summed E-state index contributed by atoms with van der Waals surface area (Å²) in [6.45, 7) is 9.76. The first-order valence-electron chi connectivity index (χ1n) is 13.5. The molecule has 0 aliphatic rings. The molecule has 3 heterocycles. The average Bonchev–Trinajstić information content (AvgIpc) is 3.32. The number of amides is 1. The van der Waals surface area contributed by atoms with E-state index in [4.69, 9.17) is 9.97 Å². The van der Waals surface area contributed by atoms with E-state index < -0.39 is 0 Å². The Labute approximate surface area is 225 Å². The minimum atomic E-state index is 0.235. The molecule has 1 aromatic carbocycles. The third-order valence-corrected chi connectivity index (χ3v) is 7.04. The van der Waals surface area contributed by atoms with E-state index in [0.29, 0.717) is 18.3 Å². The summed E-state index contributed by atoms with van der Waals surface area (Å²) < 4.78 is 2.10. The van der Waals surface area contributed by atoms with E-state index >= 15 is 0 Å². The van der Waals surface area contributed by atoms with Crippen LogP contribution in [0.1, 0.15) is 51.7 Å². The van der Waals surface area contributed by atoms with Crippen LogP contribution in [0.2, 0.25) is 0 Å². The fourth-order valence-corrected chi connectivity index (χ4v) is 4.86. The van der Waals surface area contributed by atoms with Crippen LogP contribution in [-0.4, -0.2) is 50.3 Å². The molecular formula is C31H38N6O. The number of benzene rings is 1. The predicted molar refractivity (Wildman–Crippen MR) is 156 cm³/mol. The van der Waals surface area contributed by atoms with Crippen molar-refractivity contribution in [3.63, 3.8) is 0 Å². The Morgan fingerprint density at radius 3 is 2.50 bits per heavy atom. The van der Waals surface area contributed by atoms with Gasteiger partial charge in [0.1, 0.15) is 5.65 Å². The zero-order valence-corrected chi connectivity index (χ0v) is 23.1. The second-order valence-corrected chi connectivity index (χ2v) is 9.46. The molecule has 1 N–H and O–H groups in total. The standard InChI is InChI=1S/C31H38N6O/c1-6-10-23-11-13-25(14-12-23)29-30(26-15-17-33-31(32-5)34-26)37-18-16-24(20-27(37)35-29)19-22(7-2)21-28(38)36(8-3)9-4/h6,10-18,20,22H,7-9,19,21H2,1-5H3,(H,32,33,34)/b10-6+. The van der Waals surface area contributed by atoms with E-state index in [1.54, 1.807) is 6.20 Å². The number of imidazole rings is 1. The summed E-state index contributed by atoms with van der Waals surface area (Å²) in [5.74, 6) is 1.09. The molecule has 7 heteroatoms. The zero-order valence-electron chi connectivity index (χ0n) is 23.1. The minimum absolute atomic E-state index is 0.235. The Kier molecular flexibility index (Phi) is 8.89. The van der Waals surface area contributed by atoms with Gasteiger partial charge in [0, 0.05) is 44.5 Å². The number of hydrogen-bond acceptors (Lipinski definition) is 5. The van der Waals surface area contributed by atoms with Gasteiger partial charge < -0.3 is 10.2 Å². The molecule has 0 saturated heterocycles. The molecule has 38 heavy (non-hydrogen) atoms. The lowest BCUT2D eigenvalue weighted by Gasteiger charge is -2.22. The normalized spacial score (nSPS) is 12.2. The van der Waals surface area contributed by atoms with Crippen molar-refractivity contribution >= 4 is 23.6 Å². The second kappa shape index (κ2) is 12.5. The van der Waals surface area contributed by atoms with Crippen molar-refractivity contribution in [2.45, 2.75) is 47.0 Å². The van der Waals surface area contributed by atoms with Crippen LogP contribution in [0.4, 0.5) is 5.95 Å². The second-order valence-electron chi connectivity index (χ2n) is 9.46. The first-order valence-corrected chi connectivity index (χ1v) is 13.5. The van der Waals surface area contributed by atoms with Crippen molar-refractivity contribution in [2.75, 3.05) is 25.5 Å². The van der Waals surface area contributed by atoms with Gasteiger partial charge in [0.05, 0.1) is 17.1 Å². The van der Waals surface area contributed by atoms with Gasteiger partial charge in [0.15, 0.2) is 0 Å². The van der Waals surface area contributed by atoms with Crippen LogP contribution >= 0.6 is 0 Å². The zero-order chi connectivity index (χ0) is 27.1. The molecule has 1 atom stereocenters. The maximum atomic E-state index is 12.7. The molecule has 0 aliphatic carbocycles. The van der Waals surface area contributed by atoms with Crippen molar-refractivity contribution < 1.29 is 4.79 Å². The van der Waals surface area contributed by atoms with Crippen LogP contribution in [0.25, 0.3) is 34.4 Å². The van der Waals surface area contributed by atoms with Crippen LogP contribution in [0.3, 0.4) is 0 Å². The average molecular weight is 511 g/mol. The van der Waals surface area contributed by atoms with Crippen LogP contribution < -0.4 is 5.32 Å². The van der Waals surface area contributed by atoms with Gasteiger partial charge in [0.25, 0.3) is 0 Å². The molecule has 0 spiro atoms. The number of nitrogens with one attached hydrogen (secondary N) is 1. The predicted octanol–water partition coefficient (Wildman–Crippen LogP) is 6.36. The molecule has 7 nitrogen and oxygen atoms in total. The maximum Gasteiger partial charge on any atom is 0.222 e. The number of aromatic nitrogens is 4. The molecule has 4 rings (SSSR count). The lowest BCUT2D eigenvalue weighted by Crippen LogP contribution is -2.32. The Morgan fingerprint density at radius 1 is 1.08 bits per heavy atom. The highest BCUT2D eigenvalue weighted by molar-refractivity contribution is 5.81. The summed E-state index contributed by atoms with van der Waals surface area (Å²) in [6, 6.07) is 14.6. The number of carbonyl (C=O) groups excluding carboxylic acids is 1. The summed E-state index contributed by atoms with van der Waals surface area (Å²) in [4.78, 5) is 28.8. The Bertz CT molecular complexity index is 1400. The largest absolute Gasteiger partial charge is 0.357 e. The maximum absolute atomic E-state index is 12.7. The van der Waals surface area contributed by atoms with E-state index in [0.717, 1.165) is 59.8 Å². The molecular weight excluding hydrogens is 472 g/mol. The van der Waals surface area contributed by atoms with Gasteiger partial charge in [-0.15, -0.1) is 0 Å². The summed E-state index contributed by atoms with van der Waals surface area (Å²) in [6.07, 6.45) is 10.3. The van der Waals surface area contributed by atoms with Crippen LogP contribution in [0, 0.1) is 5.92 Å². The van der Waals surface area contributed by atoms with Gasteiger partial charge in [-0.3, -0.25) is 9.20 Å². The molecule has 0 bridgehead atoms. The van der Waals surface area contributed by atoms with Crippen LogP contribution in [0.5, 0.6) is 0 Å². The number of carbonyl (C=O) groups is 1. The molecule has 0 fully saturated rings. The number of allylic oxidation sites excluding steroid dienone is 1. The van der Waals surface area contributed by atoms with Crippen molar-refractivity contribution in [3.05, 3.63) is 72.1 Å². The van der Waals surface area contributed by atoms with Gasteiger partial charge in [-0.25, -0.2) is 15.0 Å². The highest BCUT2D eigenvalue weighted by Gasteiger charge is 2.20. The highest BCUT2D eigenvalue weighted by atomic mass is 16.2. The molecule has 3 aromatic heterocycles. The van der Waals surface area contributed by atoms with Crippen molar-refractivity contribution in [1.29, 1.82) is 0 Å². The number of anilines is 1. The summed E-state index contributed by atoms with van der Waals surface area (Å²) in [5.41, 5.74) is 6.81. The van der Waals surface area contributed by atoms with Crippen molar-refractivity contribution in [2.24, 2.45) is 5.92 Å². The smallest absolute Gasteiger partial charge is 0.222 e. The lowest BCUT2D eigenvalue weighted by atomic mass is 9.93. The molecule has 1 unspecified atom stereocenters. The van der Waals surface area contributed by atoms with Crippen molar-refractivity contribution in [1.82, 2.24) is 24.3 Å². The summed E-state index contributed by atoms with van der Waals surface area (Å²) >= 11 is 0. The number of hydrogen-bond donors (Lipinski definition) is 1. The van der Waals surface area contributed by atoms with E-state index in [1.807, 2.05) is 44.9 Å². The monoisotopic (exact) mass is 510 g/mol. The minimum Gasteiger partial charge on any atom is -0.357 e. The highest BCUT2D eigenvalue weighted by Crippen LogP contribution is 2.33. The number of nitrogens with zero attached hydrogens (tertiary/aromatic N) is 5. The quantitative estimate of drug-likeness (QED) is 0.254. The lowest BCUT2D eigenvalue weighted by molar-refractivity contribution is -0.131.